The molecule has 2 nitrogen and oxygen atoms in total. The molecule has 1 aliphatic rings. The molecule has 1 heterocycles. The summed E-state index contributed by atoms with van der Waals surface area (Å²) >= 11 is 0. The summed E-state index contributed by atoms with van der Waals surface area (Å²) in [5.41, 5.74) is 3.73. The van der Waals surface area contributed by atoms with Gasteiger partial charge in [-0.05, 0) is 60.4 Å². The van der Waals surface area contributed by atoms with Crippen LogP contribution in [0, 0.1) is 5.82 Å². The fourth-order valence-electron chi connectivity index (χ4n) is 3.24. The third-order valence-electron chi connectivity index (χ3n) is 4.45. The van der Waals surface area contributed by atoms with Crippen LogP contribution in [0.15, 0.2) is 65.1 Å². The number of furan rings is 1. The Kier molecular flexibility index (Phi) is 3.72. The molecule has 1 aliphatic carbocycles. The van der Waals surface area contributed by atoms with Crippen LogP contribution in [0.5, 0.6) is 0 Å². The molecule has 1 atom stereocenters. The van der Waals surface area contributed by atoms with Crippen molar-refractivity contribution in [1.29, 1.82) is 0 Å². The van der Waals surface area contributed by atoms with E-state index in [0.717, 1.165) is 29.9 Å². The summed E-state index contributed by atoms with van der Waals surface area (Å²) in [7, 11) is 0. The maximum Gasteiger partial charge on any atom is 0.134 e. The zero-order chi connectivity index (χ0) is 15.6. The van der Waals surface area contributed by atoms with E-state index in [4.69, 9.17) is 4.42 Å². The number of rotatable bonds is 4. The third kappa shape index (κ3) is 2.92. The van der Waals surface area contributed by atoms with E-state index in [1.54, 1.807) is 12.1 Å². The van der Waals surface area contributed by atoms with Crippen molar-refractivity contribution in [3.8, 4) is 11.3 Å². The zero-order valence-corrected chi connectivity index (χ0v) is 12.8. The number of benzene rings is 2. The topological polar surface area (TPSA) is 25.2 Å². The van der Waals surface area contributed by atoms with Gasteiger partial charge in [0, 0.05) is 11.6 Å². The van der Waals surface area contributed by atoms with Gasteiger partial charge >= 0.3 is 0 Å². The van der Waals surface area contributed by atoms with Crippen LogP contribution in [0.25, 0.3) is 11.3 Å². The predicted octanol–water partition coefficient (Wildman–Crippen LogP) is 4.86. The molecular weight excluding hydrogens is 289 g/mol. The molecule has 1 unspecified atom stereocenters. The molecule has 116 valence electrons. The smallest absolute Gasteiger partial charge is 0.134 e. The van der Waals surface area contributed by atoms with E-state index >= 15 is 0 Å². The van der Waals surface area contributed by atoms with Crippen molar-refractivity contribution in [3.63, 3.8) is 0 Å². The summed E-state index contributed by atoms with van der Waals surface area (Å²) in [5, 5.41) is 3.57. The van der Waals surface area contributed by atoms with E-state index < -0.39 is 0 Å². The zero-order valence-electron chi connectivity index (χ0n) is 12.8. The summed E-state index contributed by atoms with van der Waals surface area (Å²) < 4.78 is 18.9. The maximum atomic E-state index is 13.0. The quantitative estimate of drug-likeness (QED) is 0.744. The van der Waals surface area contributed by atoms with E-state index in [2.05, 4.69) is 29.6 Å². The first-order chi connectivity index (χ1) is 11.3. The van der Waals surface area contributed by atoms with Crippen LogP contribution >= 0.6 is 0 Å². The monoisotopic (exact) mass is 307 g/mol. The van der Waals surface area contributed by atoms with Gasteiger partial charge in [0.2, 0.25) is 0 Å². The molecule has 0 bridgehead atoms. The summed E-state index contributed by atoms with van der Waals surface area (Å²) in [6.45, 7) is 0.695. The number of fused-ring (bicyclic) bond motifs is 1. The molecule has 0 saturated heterocycles. The molecule has 1 aromatic heterocycles. The minimum absolute atomic E-state index is 0.234. The minimum Gasteiger partial charge on any atom is -0.460 e. The fraction of sp³-hybridized carbons (Fsp3) is 0.200. The Balaban J connectivity index is 1.44. The van der Waals surface area contributed by atoms with Gasteiger partial charge in [-0.2, -0.15) is 0 Å². The molecule has 3 aromatic rings. The van der Waals surface area contributed by atoms with E-state index in [1.165, 1.54) is 23.3 Å². The van der Waals surface area contributed by atoms with Crippen LogP contribution < -0.4 is 5.32 Å². The van der Waals surface area contributed by atoms with Crippen molar-refractivity contribution in [1.82, 2.24) is 5.32 Å². The minimum atomic E-state index is -0.234. The molecule has 0 amide bonds. The Morgan fingerprint density at radius 1 is 1.00 bits per heavy atom. The van der Waals surface area contributed by atoms with Crippen LogP contribution in [0.3, 0.4) is 0 Å². The SMILES string of the molecule is Fc1ccc(-c2ccc(CNC3CCc4ccccc43)o2)cc1. The number of halogens is 1. The molecule has 0 spiro atoms. The van der Waals surface area contributed by atoms with Crippen molar-refractivity contribution < 1.29 is 8.81 Å². The Morgan fingerprint density at radius 3 is 2.70 bits per heavy atom. The van der Waals surface area contributed by atoms with Crippen molar-refractivity contribution >= 4 is 0 Å². The lowest BCUT2D eigenvalue weighted by Gasteiger charge is -2.12. The van der Waals surface area contributed by atoms with E-state index in [-0.39, 0.29) is 5.82 Å². The lowest BCUT2D eigenvalue weighted by atomic mass is 10.1. The Labute approximate surface area is 135 Å². The van der Waals surface area contributed by atoms with Gasteiger partial charge in [0.25, 0.3) is 0 Å². The Morgan fingerprint density at radius 2 is 1.83 bits per heavy atom. The number of aryl methyl sites for hydroxylation is 1. The van der Waals surface area contributed by atoms with Crippen molar-refractivity contribution in [3.05, 3.63) is 83.4 Å². The van der Waals surface area contributed by atoms with Gasteiger partial charge in [-0.15, -0.1) is 0 Å². The van der Waals surface area contributed by atoms with Gasteiger partial charge in [-0.25, -0.2) is 4.39 Å². The molecule has 0 fully saturated rings. The average Bonchev–Trinajstić information content (AvgIpc) is 3.20. The number of nitrogens with one attached hydrogen (secondary N) is 1. The normalized spacial score (nSPS) is 16.5. The standard InChI is InChI=1S/C20H18FNO/c21-16-8-5-15(6-9-16)20-12-10-17(23-20)13-22-19-11-7-14-3-1-2-4-18(14)19/h1-6,8-10,12,19,22H,7,11,13H2. The predicted molar refractivity (Wildman–Crippen MR) is 88.4 cm³/mol. The third-order valence-corrected chi connectivity index (χ3v) is 4.45. The summed E-state index contributed by atoms with van der Waals surface area (Å²) in [5.74, 6) is 1.43. The summed E-state index contributed by atoms with van der Waals surface area (Å²) in [4.78, 5) is 0. The van der Waals surface area contributed by atoms with Crippen LogP contribution in [0.4, 0.5) is 4.39 Å². The molecule has 4 rings (SSSR count). The van der Waals surface area contributed by atoms with Gasteiger partial charge in [0.15, 0.2) is 0 Å². The van der Waals surface area contributed by atoms with E-state index in [0.29, 0.717) is 12.6 Å². The van der Waals surface area contributed by atoms with Gasteiger partial charge in [0.1, 0.15) is 17.3 Å². The molecule has 2 aromatic carbocycles. The highest BCUT2D eigenvalue weighted by Crippen LogP contribution is 2.31. The molecule has 0 saturated carbocycles. The van der Waals surface area contributed by atoms with Gasteiger partial charge < -0.3 is 9.73 Å². The van der Waals surface area contributed by atoms with Crippen LogP contribution in [-0.4, -0.2) is 0 Å². The Hall–Kier alpha value is -2.39. The van der Waals surface area contributed by atoms with Crippen molar-refractivity contribution in [2.24, 2.45) is 0 Å². The van der Waals surface area contributed by atoms with Crippen LogP contribution in [-0.2, 0) is 13.0 Å². The molecule has 23 heavy (non-hydrogen) atoms. The highest BCUT2D eigenvalue weighted by molar-refractivity contribution is 5.57. The van der Waals surface area contributed by atoms with Crippen LogP contribution in [0.1, 0.15) is 29.3 Å². The fourth-order valence-corrected chi connectivity index (χ4v) is 3.24. The molecule has 3 heteroatoms. The highest BCUT2D eigenvalue weighted by Gasteiger charge is 2.21. The second-order valence-corrected chi connectivity index (χ2v) is 5.94. The molecule has 0 radical (unpaired) electrons. The molecule has 1 N–H and O–H groups in total. The second-order valence-electron chi connectivity index (χ2n) is 5.94. The first kappa shape index (κ1) is 14.2. The van der Waals surface area contributed by atoms with E-state index in [1.807, 2.05) is 12.1 Å². The maximum absolute atomic E-state index is 13.0. The first-order valence-electron chi connectivity index (χ1n) is 7.95. The largest absolute Gasteiger partial charge is 0.460 e. The average molecular weight is 307 g/mol. The second kappa shape index (κ2) is 6.01. The highest BCUT2D eigenvalue weighted by atomic mass is 19.1. The number of hydrogen-bond donors (Lipinski definition) is 1. The lowest BCUT2D eigenvalue weighted by Crippen LogP contribution is -2.18. The van der Waals surface area contributed by atoms with Crippen LogP contribution in [0.2, 0.25) is 0 Å². The lowest BCUT2D eigenvalue weighted by molar-refractivity contribution is 0.454. The van der Waals surface area contributed by atoms with Crippen molar-refractivity contribution in [2.75, 3.05) is 0 Å². The van der Waals surface area contributed by atoms with Gasteiger partial charge in [-0.1, -0.05) is 24.3 Å². The van der Waals surface area contributed by atoms with Gasteiger partial charge in [0.05, 0.1) is 6.54 Å². The molecular formula is C20H18FNO. The summed E-state index contributed by atoms with van der Waals surface area (Å²) in [6.07, 6.45) is 2.26. The Bertz CT molecular complexity index is 807. The van der Waals surface area contributed by atoms with E-state index in [9.17, 15) is 4.39 Å². The first-order valence-corrected chi connectivity index (χ1v) is 7.95. The number of hydrogen-bond acceptors (Lipinski definition) is 2. The van der Waals surface area contributed by atoms with Crippen molar-refractivity contribution in [2.45, 2.75) is 25.4 Å². The molecule has 0 aliphatic heterocycles. The van der Waals surface area contributed by atoms with Gasteiger partial charge in [-0.3, -0.25) is 0 Å². The summed E-state index contributed by atoms with van der Waals surface area (Å²) in [6, 6.07) is 19.3.